The molecule has 0 saturated heterocycles. The third-order valence-corrected chi connectivity index (χ3v) is 3.71. The highest BCUT2D eigenvalue weighted by Gasteiger charge is 2.25. The lowest BCUT2D eigenvalue weighted by molar-refractivity contribution is -0.118. The van der Waals surface area contributed by atoms with Gasteiger partial charge in [-0.3, -0.25) is 9.69 Å². The minimum Gasteiger partial charge on any atom is -0.399 e. The Morgan fingerprint density at radius 1 is 1.45 bits per heavy atom. The summed E-state index contributed by atoms with van der Waals surface area (Å²) in [5.41, 5.74) is 7.06. The van der Waals surface area contributed by atoms with Crippen LogP contribution >= 0.6 is 0 Å². The van der Waals surface area contributed by atoms with E-state index in [2.05, 4.69) is 10.2 Å². The van der Waals surface area contributed by atoms with Crippen LogP contribution in [0.3, 0.4) is 0 Å². The Labute approximate surface area is 119 Å². The number of aliphatic hydroxyl groups is 1. The maximum absolute atomic E-state index is 12.1. The Bertz CT molecular complexity index is 446. The number of anilines is 2. The van der Waals surface area contributed by atoms with E-state index in [1.165, 1.54) is 6.42 Å². The maximum Gasteiger partial charge on any atom is 0.238 e. The van der Waals surface area contributed by atoms with Crippen molar-refractivity contribution >= 4 is 17.3 Å². The van der Waals surface area contributed by atoms with E-state index < -0.39 is 0 Å². The van der Waals surface area contributed by atoms with Crippen LogP contribution in [0.2, 0.25) is 0 Å². The van der Waals surface area contributed by atoms with Crippen LogP contribution in [0, 0.1) is 0 Å². The number of carbonyl (C=O) groups is 1. The van der Waals surface area contributed by atoms with Crippen LogP contribution in [-0.2, 0) is 4.79 Å². The molecular formula is C15H23N3O2. The second kappa shape index (κ2) is 7.26. The van der Waals surface area contributed by atoms with Gasteiger partial charge in [0.2, 0.25) is 5.91 Å². The Kier molecular flexibility index (Phi) is 5.38. The van der Waals surface area contributed by atoms with Gasteiger partial charge in [-0.15, -0.1) is 0 Å². The quantitative estimate of drug-likeness (QED) is 0.659. The van der Waals surface area contributed by atoms with Crippen molar-refractivity contribution < 1.29 is 9.90 Å². The van der Waals surface area contributed by atoms with E-state index in [9.17, 15) is 4.79 Å². The maximum atomic E-state index is 12.1. The lowest BCUT2D eigenvalue weighted by Gasteiger charge is -2.37. The average Bonchev–Trinajstić information content (AvgIpc) is 2.33. The number of hydrogen-bond acceptors (Lipinski definition) is 4. The summed E-state index contributed by atoms with van der Waals surface area (Å²) in [5, 5.41) is 11.8. The van der Waals surface area contributed by atoms with Gasteiger partial charge in [-0.25, -0.2) is 0 Å². The summed E-state index contributed by atoms with van der Waals surface area (Å²) in [4.78, 5) is 14.3. The van der Waals surface area contributed by atoms with E-state index in [0.717, 1.165) is 25.1 Å². The fourth-order valence-electron chi connectivity index (χ4n) is 2.42. The second-order valence-corrected chi connectivity index (χ2v) is 5.31. The first-order valence-corrected chi connectivity index (χ1v) is 7.19. The van der Waals surface area contributed by atoms with E-state index in [-0.39, 0.29) is 12.5 Å². The second-order valence-electron chi connectivity index (χ2n) is 5.31. The lowest BCUT2D eigenvalue weighted by Crippen LogP contribution is -2.45. The van der Waals surface area contributed by atoms with Crippen molar-refractivity contribution in [3.8, 4) is 0 Å². The molecular weight excluding hydrogens is 254 g/mol. The molecule has 0 bridgehead atoms. The monoisotopic (exact) mass is 277 g/mol. The SMILES string of the molecule is Nc1cccc(NC(=O)CN(CCCO)C2CCC2)c1. The van der Waals surface area contributed by atoms with Crippen molar-refractivity contribution in [2.75, 3.05) is 30.7 Å². The molecule has 0 aliphatic heterocycles. The zero-order chi connectivity index (χ0) is 14.4. The van der Waals surface area contributed by atoms with Crippen LogP contribution in [0.15, 0.2) is 24.3 Å². The van der Waals surface area contributed by atoms with E-state index >= 15 is 0 Å². The van der Waals surface area contributed by atoms with E-state index in [1.54, 1.807) is 12.1 Å². The first-order valence-electron chi connectivity index (χ1n) is 7.19. The Morgan fingerprint density at radius 2 is 2.25 bits per heavy atom. The molecule has 5 nitrogen and oxygen atoms in total. The summed E-state index contributed by atoms with van der Waals surface area (Å²) in [6.45, 7) is 1.31. The Hall–Kier alpha value is -1.59. The summed E-state index contributed by atoms with van der Waals surface area (Å²) >= 11 is 0. The van der Waals surface area contributed by atoms with E-state index in [4.69, 9.17) is 10.8 Å². The zero-order valence-electron chi connectivity index (χ0n) is 11.7. The molecule has 1 saturated carbocycles. The third-order valence-electron chi connectivity index (χ3n) is 3.71. The number of nitrogens with two attached hydrogens (primary N) is 1. The molecule has 1 aromatic carbocycles. The van der Waals surface area contributed by atoms with Crippen LogP contribution in [0.25, 0.3) is 0 Å². The van der Waals surface area contributed by atoms with Gasteiger partial charge >= 0.3 is 0 Å². The summed E-state index contributed by atoms with van der Waals surface area (Å²) in [6, 6.07) is 7.68. The molecule has 0 spiro atoms. The molecule has 0 heterocycles. The highest BCUT2D eigenvalue weighted by Crippen LogP contribution is 2.24. The Balaban J connectivity index is 1.87. The summed E-state index contributed by atoms with van der Waals surface area (Å²) in [6.07, 6.45) is 4.24. The number of hydrogen-bond donors (Lipinski definition) is 3. The van der Waals surface area contributed by atoms with Gasteiger partial charge in [-0.05, 0) is 37.5 Å². The highest BCUT2D eigenvalue weighted by atomic mass is 16.3. The van der Waals surface area contributed by atoms with Crippen molar-refractivity contribution in [3.63, 3.8) is 0 Å². The van der Waals surface area contributed by atoms with Gasteiger partial charge in [-0.1, -0.05) is 12.5 Å². The number of nitrogen functional groups attached to an aromatic ring is 1. The molecule has 20 heavy (non-hydrogen) atoms. The van der Waals surface area contributed by atoms with Crippen LogP contribution in [0.1, 0.15) is 25.7 Å². The molecule has 0 atom stereocenters. The number of aliphatic hydroxyl groups excluding tert-OH is 1. The first-order chi connectivity index (χ1) is 9.69. The predicted octanol–water partition coefficient (Wildman–Crippen LogP) is 1.44. The van der Waals surface area contributed by atoms with Gasteiger partial charge in [0.05, 0.1) is 6.54 Å². The molecule has 1 aliphatic carbocycles. The fraction of sp³-hybridized carbons (Fsp3) is 0.533. The fourth-order valence-corrected chi connectivity index (χ4v) is 2.42. The minimum absolute atomic E-state index is 0.0274. The standard InChI is InChI=1S/C15H23N3O2/c16-12-4-1-5-13(10-12)17-15(20)11-18(8-3-9-19)14-6-2-7-14/h1,4-5,10,14,19H,2-3,6-9,11,16H2,(H,17,20). The molecule has 0 aromatic heterocycles. The lowest BCUT2D eigenvalue weighted by atomic mass is 9.91. The number of benzene rings is 1. The van der Waals surface area contributed by atoms with Gasteiger partial charge in [0, 0.05) is 30.6 Å². The topological polar surface area (TPSA) is 78.6 Å². The van der Waals surface area contributed by atoms with Gasteiger partial charge in [0.1, 0.15) is 0 Å². The molecule has 1 fully saturated rings. The minimum atomic E-state index is -0.0274. The van der Waals surface area contributed by atoms with Crippen molar-refractivity contribution in [2.45, 2.75) is 31.7 Å². The largest absolute Gasteiger partial charge is 0.399 e. The Morgan fingerprint density at radius 3 is 2.85 bits per heavy atom. The van der Waals surface area contributed by atoms with E-state index in [1.807, 2.05) is 12.1 Å². The molecule has 1 aromatic rings. The smallest absolute Gasteiger partial charge is 0.238 e. The summed E-state index contributed by atoms with van der Waals surface area (Å²) < 4.78 is 0. The number of nitrogens with zero attached hydrogens (tertiary/aromatic N) is 1. The van der Waals surface area contributed by atoms with Crippen LogP contribution in [0.4, 0.5) is 11.4 Å². The molecule has 0 unspecified atom stereocenters. The van der Waals surface area contributed by atoms with Crippen LogP contribution < -0.4 is 11.1 Å². The van der Waals surface area contributed by atoms with Crippen molar-refractivity contribution in [1.29, 1.82) is 0 Å². The van der Waals surface area contributed by atoms with Crippen molar-refractivity contribution in [2.24, 2.45) is 0 Å². The van der Waals surface area contributed by atoms with Gasteiger partial charge < -0.3 is 16.2 Å². The van der Waals surface area contributed by atoms with Crippen LogP contribution in [-0.4, -0.2) is 41.7 Å². The molecule has 110 valence electrons. The van der Waals surface area contributed by atoms with Gasteiger partial charge in [0.25, 0.3) is 0 Å². The molecule has 4 N–H and O–H groups in total. The normalized spacial score (nSPS) is 15.1. The number of rotatable bonds is 7. The molecule has 1 aliphatic rings. The van der Waals surface area contributed by atoms with Gasteiger partial charge in [-0.2, -0.15) is 0 Å². The number of amides is 1. The highest BCUT2D eigenvalue weighted by molar-refractivity contribution is 5.92. The molecule has 2 rings (SSSR count). The number of carbonyl (C=O) groups excluding carboxylic acids is 1. The average molecular weight is 277 g/mol. The molecule has 0 radical (unpaired) electrons. The van der Waals surface area contributed by atoms with Gasteiger partial charge in [0.15, 0.2) is 0 Å². The zero-order valence-corrected chi connectivity index (χ0v) is 11.7. The first kappa shape index (κ1) is 14.8. The summed E-state index contributed by atoms with van der Waals surface area (Å²) in [7, 11) is 0. The van der Waals surface area contributed by atoms with E-state index in [0.29, 0.717) is 24.7 Å². The third kappa shape index (κ3) is 4.21. The predicted molar refractivity (Wildman–Crippen MR) is 80.4 cm³/mol. The van der Waals surface area contributed by atoms with Crippen molar-refractivity contribution in [1.82, 2.24) is 4.90 Å². The number of nitrogens with one attached hydrogen (secondary N) is 1. The molecule has 5 heteroatoms. The molecule has 1 amide bonds. The van der Waals surface area contributed by atoms with Crippen LogP contribution in [0.5, 0.6) is 0 Å². The van der Waals surface area contributed by atoms with Crippen molar-refractivity contribution in [3.05, 3.63) is 24.3 Å². The summed E-state index contributed by atoms with van der Waals surface area (Å²) in [5.74, 6) is -0.0274.